The molecule has 0 saturated carbocycles. The van der Waals surface area contributed by atoms with E-state index in [1.807, 2.05) is 31.2 Å². The highest BCUT2D eigenvalue weighted by Crippen LogP contribution is 2.37. The minimum atomic E-state index is -1.06. The summed E-state index contributed by atoms with van der Waals surface area (Å²) in [5.74, 6) is 0.766. The quantitative estimate of drug-likeness (QED) is 0.611. The third-order valence-electron chi connectivity index (χ3n) is 7.31. The van der Waals surface area contributed by atoms with E-state index in [9.17, 15) is 19.8 Å². The first kappa shape index (κ1) is 26.4. The van der Waals surface area contributed by atoms with Crippen molar-refractivity contribution in [3.05, 3.63) is 29.8 Å². The number of β-amino-alcohol motifs (C(OH)–C–C–N with tert-alkyl or cyclic N) is 1. The van der Waals surface area contributed by atoms with Gasteiger partial charge in [-0.05, 0) is 76.9 Å². The van der Waals surface area contributed by atoms with Crippen molar-refractivity contribution < 1.29 is 24.5 Å². The summed E-state index contributed by atoms with van der Waals surface area (Å²) in [5, 5.41) is 23.8. The highest BCUT2D eigenvalue weighted by atomic mass is 16.5. The summed E-state index contributed by atoms with van der Waals surface area (Å²) in [6.45, 7) is 5.24. The topological polar surface area (TPSA) is 102 Å². The maximum atomic E-state index is 13.1. The molecule has 8 heteroatoms. The lowest BCUT2D eigenvalue weighted by atomic mass is 9.73. The smallest absolute Gasteiger partial charge is 0.226 e. The average Bonchev–Trinajstić information content (AvgIpc) is 2.84. The molecule has 2 aliphatic rings. The fraction of sp³-hybridized carbons (Fsp3) is 0.692. The van der Waals surface area contributed by atoms with Crippen molar-refractivity contribution in [2.75, 3.05) is 46.4 Å². The number of nitrogens with zero attached hydrogens (tertiary/aromatic N) is 2. The molecule has 3 rings (SSSR count). The highest BCUT2D eigenvalue weighted by Gasteiger charge is 2.40. The first-order valence-corrected chi connectivity index (χ1v) is 12.7. The Balaban J connectivity index is 1.66. The molecule has 3 N–H and O–H groups in total. The minimum Gasteiger partial charge on any atom is -0.494 e. The van der Waals surface area contributed by atoms with E-state index in [1.54, 1.807) is 4.90 Å². The standard InChI is InChI=1S/C26H41N3O5/c1-3-34-21-8-6-20(7-9-21)18-24(32)29-14-5-4-11-26(12-16-28(2)17-13-26)25(33)27-19-23(31)22(30)10-15-29/h6-9,22-23,30-31H,3-5,10-19H2,1-2H3,(H,27,33)/t22-,23+/m0/s1. The Morgan fingerprint density at radius 1 is 1.06 bits per heavy atom. The summed E-state index contributed by atoms with van der Waals surface area (Å²) in [7, 11) is 2.07. The lowest BCUT2D eigenvalue weighted by Gasteiger charge is -2.39. The van der Waals surface area contributed by atoms with Crippen LogP contribution in [0.1, 0.15) is 51.0 Å². The van der Waals surface area contributed by atoms with Crippen molar-refractivity contribution >= 4 is 11.8 Å². The molecule has 1 aromatic rings. The van der Waals surface area contributed by atoms with Gasteiger partial charge in [0.15, 0.2) is 0 Å². The Hall–Kier alpha value is -2.16. The largest absolute Gasteiger partial charge is 0.494 e. The Morgan fingerprint density at radius 2 is 1.76 bits per heavy atom. The van der Waals surface area contributed by atoms with Crippen molar-refractivity contribution in [2.45, 2.75) is 64.1 Å². The second kappa shape index (κ2) is 12.5. The molecule has 0 aromatic heterocycles. The number of carbonyl (C=O) groups is 2. The summed E-state index contributed by atoms with van der Waals surface area (Å²) >= 11 is 0. The van der Waals surface area contributed by atoms with Crippen LogP contribution in [0.25, 0.3) is 0 Å². The number of benzene rings is 1. The Labute approximate surface area is 203 Å². The van der Waals surface area contributed by atoms with E-state index in [4.69, 9.17) is 4.74 Å². The van der Waals surface area contributed by atoms with Gasteiger partial charge in [-0.1, -0.05) is 18.6 Å². The Kier molecular flexibility index (Phi) is 9.74. The van der Waals surface area contributed by atoms with E-state index in [2.05, 4.69) is 17.3 Å². The van der Waals surface area contributed by atoms with Crippen LogP contribution in [0.3, 0.4) is 0 Å². The van der Waals surface area contributed by atoms with Crippen LogP contribution in [0, 0.1) is 5.41 Å². The molecule has 8 nitrogen and oxygen atoms in total. The molecule has 2 fully saturated rings. The monoisotopic (exact) mass is 475 g/mol. The van der Waals surface area contributed by atoms with Gasteiger partial charge in [-0.15, -0.1) is 0 Å². The van der Waals surface area contributed by atoms with E-state index < -0.39 is 17.6 Å². The van der Waals surface area contributed by atoms with E-state index in [0.717, 1.165) is 56.5 Å². The fourth-order valence-corrected chi connectivity index (χ4v) is 4.92. The number of piperidine rings is 1. The molecular formula is C26H41N3O5. The minimum absolute atomic E-state index is 0.00364. The summed E-state index contributed by atoms with van der Waals surface area (Å²) in [6.07, 6.45) is 2.48. The molecule has 1 aromatic carbocycles. The van der Waals surface area contributed by atoms with Crippen molar-refractivity contribution in [3.8, 4) is 5.75 Å². The van der Waals surface area contributed by atoms with Gasteiger partial charge in [0.05, 0.1) is 30.7 Å². The lowest BCUT2D eigenvalue weighted by Crippen LogP contribution is -2.50. The molecule has 2 atom stereocenters. The van der Waals surface area contributed by atoms with Crippen LogP contribution in [0.2, 0.25) is 0 Å². The van der Waals surface area contributed by atoms with Crippen molar-refractivity contribution in [2.24, 2.45) is 5.41 Å². The second-order valence-corrected chi connectivity index (χ2v) is 9.81. The molecule has 190 valence electrons. The zero-order chi connectivity index (χ0) is 24.6. The lowest BCUT2D eigenvalue weighted by molar-refractivity contribution is -0.135. The molecular weight excluding hydrogens is 434 g/mol. The number of aliphatic hydroxyl groups is 2. The number of aliphatic hydroxyl groups excluding tert-OH is 2. The molecule has 2 amide bonds. The van der Waals surface area contributed by atoms with Crippen molar-refractivity contribution in [1.29, 1.82) is 0 Å². The highest BCUT2D eigenvalue weighted by molar-refractivity contribution is 5.82. The molecule has 0 aliphatic carbocycles. The van der Waals surface area contributed by atoms with Crippen molar-refractivity contribution in [3.63, 3.8) is 0 Å². The van der Waals surface area contributed by atoms with E-state index >= 15 is 0 Å². The zero-order valence-electron chi connectivity index (χ0n) is 20.7. The van der Waals surface area contributed by atoms with Gasteiger partial charge in [-0.3, -0.25) is 9.59 Å². The number of amides is 2. The maximum absolute atomic E-state index is 13.1. The number of ether oxygens (including phenoxy) is 1. The molecule has 2 saturated heterocycles. The molecule has 2 aliphatic heterocycles. The summed E-state index contributed by atoms with van der Waals surface area (Å²) in [4.78, 5) is 30.2. The van der Waals surface area contributed by atoms with Gasteiger partial charge < -0.3 is 30.1 Å². The first-order valence-electron chi connectivity index (χ1n) is 12.7. The van der Waals surface area contributed by atoms with Crippen LogP contribution >= 0.6 is 0 Å². The Morgan fingerprint density at radius 3 is 2.44 bits per heavy atom. The molecule has 1 spiro atoms. The van der Waals surface area contributed by atoms with Crippen LogP contribution in [-0.2, 0) is 16.0 Å². The van der Waals surface area contributed by atoms with Gasteiger partial charge >= 0.3 is 0 Å². The van der Waals surface area contributed by atoms with Gasteiger partial charge in [0, 0.05) is 19.6 Å². The predicted molar refractivity (Wildman–Crippen MR) is 131 cm³/mol. The number of nitrogens with one attached hydrogen (secondary N) is 1. The van der Waals surface area contributed by atoms with Crippen LogP contribution < -0.4 is 10.1 Å². The summed E-state index contributed by atoms with van der Waals surface area (Å²) in [5.41, 5.74) is 0.472. The van der Waals surface area contributed by atoms with Gasteiger partial charge in [0.2, 0.25) is 11.8 Å². The van der Waals surface area contributed by atoms with Gasteiger partial charge in [0.25, 0.3) is 0 Å². The number of rotatable bonds is 4. The fourth-order valence-electron chi connectivity index (χ4n) is 4.92. The molecule has 2 heterocycles. The summed E-state index contributed by atoms with van der Waals surface area (Å²) in [6, 6.07) is 7.56. The van der Waals surface area contributed by atoms with Crippen LogP contribution in [0.15, 0.2) is 24.3 Å². The molecule has 0 radical (unpaired) electrons. The van der Waals surface area contributed by atoms with E-state index in [-0.39, 0.29) is 31.2 Å². The second-order valence-electron chi connectivity index (χ2n) is 9.81. The SMILES string of the molecule is CCOc1ccc(CC(=O)N2CCCCC3(CCN(C)CC3)C(=O)NC[C@@H](O)[C@@H](O)CC2)cc1. The number of carbonyl (C=O) groups excluding carboxylic acids is 2. The third kappa shape index (κ3) is 7.17. The molecule has 0 unspecified atom stereocenters. The van der Waals surface area contributed by atoms with E-state index in [0.29, 0.717) is 19.7 Å². The van der Waals surface area contributed by atoms with Crippen LogP contribution in [-0.4, -0.2) is 90.4 Å². The maximum Gasteiger partial charge on any atom is 0.226 e. The van der Waals surface area contributed by atoms with Crippen molar-refractivity contribution in [1.82, 2.24) is 15.1 Å². The van der Waals surface area contributed by atoms with Crippen LogP contribution in [0.4, 0.5) is 0 Å². The predicted octanol–water partition coefficient (Wildman–Crippen LogP) is 1.58. The third-order valence-corrected chi connectivity index (χ3v) is 7.31. The van der Waals surface area contributed by atoms with Gasteiger partial charge in [-0.2, -0.15) is 0 Å². The van der Waals surface area contributed by atoms with Gasteiger partial charge in [0.1, 0.15) is 5.75 Å². The average molecular weight is 476 g/mol. The van der Waals surface area contributed by atoms with Crippen LogP contribution in [0.5, 0.6) is 5.75 Å². The zero-order valence-corrected chi connectivity index (χ0v) is 20.7. The normalized spacial score (nSPS) is 25.1. The van der Waals surface area contributed by atoms with E-state index in [1.165, 1.54) is 0 Å². The van der Waals surface area contributed by atoms with Gasteiger partial charge in [-0.25, -0.2) is 0 Å². The number of hydrogen-bond donors (Lipinski definition) is 3. The molecule has 0 bridgehead atoms. The first-order chi connectivity index (χ1) is 16.3. The number of hydrogen-bond acceptors (Lipinski definition) is 6. The number of likely N-dealkylation sites (tertiary alicyclic amines) is 1. The molecule has 34 heavy (non-hydrogen) atoms. The summed E-state index contributed by atoms with van der Waals surface area (Å²) < 4.78 is 5.47. The Bertz CT molecular complexity index is 792.